The third kappa shape index (κ3) is 4.03. The summed E-state index contributed by atoms with van der Waals surface area (Å²) in [5.41, 5.74) is 1.53. The molecule has 2 saturated carbocycles. The lowest BCUT2D eigenvalue weighted by Crippen LogP contribution is -2.65. The van der Waals surface area contributed by atoms with Gasteiger partial charge in [0, 0.05) is 18.6 Å². The summed E-state index contributed by atoms with van der Waals surface area (Å²) in [7, 11) is 0. The van der Waals surface area contributed by atoms with E-state index in [9.17, 15) is 14.4 Å². The molecule has 1 aromatic heterocycles. The van der Waals surface area contributed by atoms with Gasteiger partial charge in [-0.2, -0.15) is 0 Å². The lowest BCUT2D eigenvalue weighted by atomic mass is 9.93. The molecule has 2 aromatic rings. The molecule has 0 spiro atoms. The molecule has 2 aliphatic carbocycles. The van der Waals surface area contributed by atoms with Gasteiger partial charge in [0.1, 0.15) is 11.2 Å². The van der Waals surface area contributed by atoms with E-state index in [0.29, 0.717) is 13.1 Å². The number of rotatable bonds is 6. The Bertz CT molecular complexity index is 1080. The summed E-state index contributed by atoms with van der Waals surface area (Å²) >= 11 is 0. The first kappa shape index (κ1) is 21.7. The maximum Gasteiger partial charge on any atom is 0.274 e. The van der Waals surface area contributed by atoms with Gasteiger partial charge in [0.15, 0.2) is 5.69 Å². The number of aryl methyl sites for hydroxylation is 1. The van der Waals surface area contributed by atoms with Crippen molar-refractivity contribution < 1.29 is 14.4 Å². The SMILES string of the molecule is Cc1ccc(CNC(=O)c2ncn3c2C(=O)N(C2CC2)C(C)(C(=O)NC2CCCC2)C3)cc1. The van der Waals surface area contributed by atoms with Crippen molar-refractivity contribution in [2.45, 2.75) is 83.1 Å². The lowest BCUT2D eigenvalue weighted by molar-refractivity contribution is -0.134. The van der Waals surface area contributed by atoms with Gasteiger partial charge in [-0.3, -0.25) is 14.4 Å². The monoisotopic (exact) mass is 449 g/mol. The minimum Gasteiger partial charge on any atom is -0.351 e. The molecule has 0 bridgehead atoms. The minimum absolute atomic E-state index is 0.0314. The molecule has 1 aromatic carbocycles. The molecule has 8 nitrogen and oxygen atoms in total. The fourth-order valence-electron chi connectivity index (χ4n) is 5.10. The van der Waals surface area contributed by atoms with E-state index in [2.05, 4.69) is 15.6 Å². The van der Waals surface area contributed by atoms with Gasteiger partial charge in [-0.1, -0.05) is 42.7 Å². The Morgan fingerprint density at radius 2 is 1.82 bits per heavy atom. The van der Waals surface area contributed by atoms with Gasteiger partial charge in [0.2, 0.25) is 5.91 Å². The lowest BCUT2D eigenvalue weighted by Gasteiger charge is -2.44. The second-order valence-corrected chi connectivity index (χ2v) is 9.87. The van der Waals surface area contributed by atoms with Crippen LogP contribution in [0.2, 0.25) is 0 Å². The summed E-state index contributed by atoms with van der Waals surface area (Å²) in [6.07, 6.45) is 7.49. The summed E-state index contributed by atoms with van der Waals surface area (Å²) in [6.45, 7) is 4.50. The van der Waals surface area contributed by atoms with Gasteiger partial charge < -0.3 is 20.1 Å². The number of aromatic nitrogens is 2. The number of nitrogens with zero attached hydrogens (tertiary/aromatic N) is 3. The minimum atomic E-state index is -0.996. The molecule has 1 unspecified atom stereocenters. The summed E-state index contributed by atoms with van der Waals surface area (Å²) in [6, 6.07) is 8.13. The van der Waals surface area contributed by atoms with E-state index in [1.807, 2.05) is 38.1 Å². The molecule has 1 aliphatic heterocycles. The first-order valence-electron chi connectivity index (χ1n) is 11.9. The number of carbonyl (C=O) groups is 3. The molecule has 0 radical (unpaired) electrons. The number of carbonyl (C=O) groups excluding carboxylic acids is 3. The highest BCUT2D eigenvalue weighted by Crippen LogP contribution is 2.39. The molecule has 8 heteroatoms. The first-order chi connectivity index (χ1) is 15.9. The number of imidazole rings is 1. The average Bonchev–Trinajstić information content (AvgIpc) is 3.30. The Labute approximate surface area is 193 Å². The second kappa shape index (κ2) is 8.32. The Balaban J connectivity index is 1.38. The number of hydrogen-bond acceptors (Lipinski definition) is 4. The second-order valence-electron chi connectivity index (χ2n) is 9.87. The van der Waals surface area contributed by atoms with Crippen LogP contribution < -0.4 is 10.6 Å². The molecular formula is C25H31N5O3. The third-order valence-corrected chi connectivity index (χ3v) is 7.15. The van der Waals surface area contributed by atoms with E-state index in [4.69, 9.17) is 0 Å². The van der Waals surface area contributed by atoms with Crippen LogP contribution in [0, 0.1) is 6.92 Å². The van der Waals surface area contributed by atoms with E-state index in [1.165, 1.54) is 6.33 Å². The fraction of sp³-hybridized carbons (Fsp3) is 0.520. The third-order valence-electron chi connectivity index (χ3n) is 7.15. The van der Waals surface area contributed by atoms with Crippen molar-refractivity contribution in [1.82, 2.24) is 25.1 Å². The fourth-order valence-corrected chi connectivity index (χ4v) is 5.10. The van der Waals surface area contributed by atoms with Gasteiger partial charge in [-0.15, -0.1) is 0 Å². The molecule has 2 heterocycles. The highest BCUT2D eigenvalue weighted by Gasteiger charge is 2.54. The summed E-state index contributed by atoms with van der Waals surface area (Å²) in [4.78, 5) is 46.0. The van der Waals surface area contributed by atoms with Gasteiger partial charge in [-0.25, -0.2) is 4.98 Å². The van der Waals surface area contributed by atoms with Crippen molar-refractivity contribution in [3.63, 3.8) is 0 Å². The summed E-state index contributed by atoms with van der Waals surface area (Å²) in [5, 5.41) is 6.06. The number of hydrogen-bond donors (Lipinski definition) is 2. The van der Waals surface area contributed by atoms with Crippen molar-refractivity contribution in [2.24, 2.45) is 0 Å². The Morgan fingerprint density at radius 1 is 1.12 bits per heavy atom. The molecule has 2 fully saturated rings. The quantitative estimate of drug-likeness (QED) is 0.708. The van der Waals surface area contributed by atoms with Crippen LogP contribution in [0.25, 0.3) is 0 Å². The highest BCUT2D eigenvalue weighted by atomic mass is 16.2. The van der Waals surface area contributed by atoms with Crippen LogP contribution >= 0.6 is 0 Å². The molecule has 3 aliphatic rings. The maximum absolute atomic E-state index is 13.7. The number of amides is 3. The molecule has 1 atom stereocenters. The van der Waals surface area contributed by atoms with E-state index in [1.54, 1.807) is 9.47 Å². The zero-order valence-electron chi connectivity index (χ0n) is 19.3. The van der Waals surface area contributed by atoms with Gasteiger partial charge in [0.05, 0.1) is 12.9 Å². The van der Waals surface area contributed by atoms with Crippen LogP contribution in [0.4, 0.5) is 0 Å². The predicted molar refractivity (Wildman–Crippen MR) is 123 cm³/mol. The summed E-state index contributed by atoms with van der Waals surface area (Å²) in [5.74, 6) is -0.780. The van der Waals surface area contributed by atoms with Gasteiger partial charge >= 0.3 is 0 Å². The number of benzene rings is 1. The zero-order chi connectivity index (χ0) is 23.2. The van der Waals surface area contributed by atoms with E-state index in [0.717, 1.165) is 49.7 Å². The van der Waals surface area contributed by atoms with E-state index in [-0.39, 0.29) is 41.2 Å². The van der Waals surface area contributed by atoms with Crippen LogP contribution in [-0.4, -0.2) is 49.8 Å². The predicted octanol–water partition coefficient (Wildman–Crippen LogP) is 2.56. The van der Waals surface area contributed by atoms with Crippen LogP contribution in [0.5, 0.6) is 0 Å². The first-order valence-corrected chi connectivity index (χ1v) is 11.9. The normalized spacial score (nSPS) is 22.8. The number of fused-ring (bicyclic) bond motifs is 1. The van der Waals surface area contributed by atoms with Crippen LogP contribution in [-0.2, 0) is 17.9 Å². The number of nitrogens with one attached hydrogen (secondary N) is 2. The van der Waals surface area contributed by atoms with Crippen molar-refractivity contribution in [2.75, 3.05) is 0 Å². The van der Waals surface area contributed by atoms with Crippen LogP contribution in [0.3, 0.4) is 0 Å². The molecular weight excluding hydrogens is 418 g/mol. The molecule has 5 rings (SSSR count). The van der Waals surface area contributed by atoms with Crippen molar-refractivity contribution in [3.8, 4) is 0 Å². The average molecular weight is 450 g/mol. The highest BCUT2D eigenvalue weighted by molar-refractivity contribution is 6.07. The molecule has 2 N–H and O–H groups in total. The van der Waals surface area contributed by atoms with E-state index >= 15 is 0 Å². The Hall–Kier alpha value is -3.16. The summed E-state index contributed by atoms with van der Waals surface area (Å²) < 4.78 is 1.68. The topological polar surface area (TPSA) is 96.3 Å². The largest absolute Gasteiger partial charge is 0.351 e. The Kier molecular flexibility index (Phi) is 5.46. The Morgan fingerprint density at radius 3 is 2.48 bits per heavy atom. The molecule has 3 amide bonds. The smallest absolute Gasteiger partial charge is 0.274 e. The van der Waals surface area contributed by atoms with E-state index < -0.39 is 5.54 Å². The standard InChI is InChI=1S/C25H31N5O3/c1-16-7-9-17(10-8-16)13-26-22(31)20-21-23(32)30(19-11-12-19)25(2,14-29(21)15-27-20)24(33)28-18-5-3-4-6-18/h7-10,15,18-19H,3-6,11-14H2,1-2H3,(H,26,31)(H,28,33). The van der Waals surface area contributed by atoms with Gasteiger partial charge in [0.25, 0.3) is 11.8 Å². The van der Waals surface area contributed by atoms with Crippen LogP contribution in [0.15, 0.2) is 30.6 Å². The van der Waals surface area contributed by atoms with Crippen LogP contribution in [0.1, 0.15) is 77.6 Å². The maximum atomic E-state index is 13.7. The van der Waals surface area contributed by atoms with Crippen molar-refractivity contribution in [3.05, 3.63) is 53.1 Å². The van der Waals surface area contributed by atoms with Crippen molar-refractivity contribution >= 4 is 17.7 Å². The molecule has 0 saturated heterocycles. The molecule has 33 heavy (non-hydrogen) atoms. The molecule has 174 valence electrons. The van der Waals surface area contributed by atoms with Crippen molar-refractivity contribution in [1.29, 1.82) is 0 Å². The zero-order valence-corrected chi connectivity index (χ0v) is 19.3. The van der Waals surface area contributed by atoms with Gasteiger partial charge in [-0.05, 0) is 45.1 Å².